The van der Waals surface area contributed by atoms with Gasteiger partial charge in [-0.1, -0.05) is 30.7 Å². The molecule has 1 aromatic carbocycles. The fourth-order valence-corrected chi connectivity index (χ4v) is 2.11. The van der Waals surface area contributed by atoms with Crippen LogP contribution >= 0.6 is 11.6 Å². The lowest BCUT2D eigenvalue weighted by Crippen LogP contribution is -2.24. The van der Waals surface area contributed by atoms with Crippen molar-refractivity contribution >= 4 is 17.3 Å². The summed E-state index contributed by atoms with van der Waals surface area (Å²) in [4.78, 5) is 2.22. The van der Waals surface area contributed by atoms with Crippen LogP contribution in [0.1, 0.15) is 31.9 Å². The molecule has 0 heterocycles. The van der Waals surface area contributed by atoms with Gasteiger partial charge in [-0.2, -0.15) is 0 Å². The van der Waals surface area contributed by atoms with Crippen LogP contribution in [0.25, 0.3) is 0 Å². The Hall–Kier alpha value is -0.990. The monoisotopic (exact) mass is 252 g/mol. The molecule has 3 heteroatoms. The van der Waals surface area contributed by atoms with Crippen molar-refractivity contribution in [3.63, 3.8) is 0 Å². The van der Waals surface area contributed by atoms with E-state index in [0.29, 0.717) is 0 Å². The minimum Gasteiger partial charge on any atom is -0.367 e. The third-order valence-corrected chi connectivity index (χ3v) is 2.98. The standard InChI is InChI=1S/C14H21ClN2/c1-4-8-17(9-5-2)14-7-6-12(11(3)16)10-13(14)15/h4,6-7,10-11H,1,5,8-9,16H2,2-3H3/t11-/m0/s1. The van der Waals surface area contributed by atoms with Gasteiger partial charge in [-0.25, -0.2) is 0 Å². The minimum atomic E-state index is 0.0144. The zero-order valence-electron chi connectivity index (χ0n) is 10.6. The van der Waals surface area contributed by atoms with Crippen molar-refractivity contribution in [3.05, 3.63) is 41.4 Å². The number of halogens is 1. The zero-order chi connectivity index (χ0) is 12.8. The Morgan fingerprint density at radius 1 is 1.53 bits per heavy atom. The molecule has 0 aromatic heterocycles. The number of anilines is 1. The Morgan fingerprint density at radius 3 is 2.71 bits per heavy atom. The fourth-order valence-electron chi connectivity index (χ4n) is 1.80. The summed E-state index contributed by atoms with van der Waals surface area (Å²) in [6.07, 6.45) is 2.98. The number of nitrogens with zero attached hydrogens (tertiary/aromatic N) is 1. The number of nitrogens with two attached hydrogens (primary N) is 1. The van der Waals surface area contributed by atoms with E-state index in [1.54, 1.807) is 0 Å². The van der Waals surface area contributed by atoms with Crippen molar-refractivity contribution in [3.8, 4) is 0 Å². The van der Waals surface area contributed by atoms with Gasteiger partial charge in [0.05, 0.1) is 10.7 Å². The van der Waals surface area contributed by atoms with Crippen molar-refractivity contribution < 1.29 is 0 Å². The number of rotatable bonds is 6. The summed E-state index contributed by atoms with van der Waals surface area (Å²) in [5.74, 6) is 0. The molecule has 1 aromatic rings. The van der Waals surface area contributed by atoms with Crippen LogP contribution in [0.2, 0.25) is 5.02 Å². The lowest BCUT2D eigenvalue weighted by Gasteiger charge is -2.24. The van der Waals surface area contributed by atoms with Crippen LogP contribution < -0.4 is 10.6 Å². The number of benzene rings is 1. The molecule has 94 valence electrons. The molecule has 0 unspecified atom stereocenters. The van der Waals surface area contributed by atoms with Gasteiger partial charge in [0.15, 0.2) is 0 Å². The van der Waals surface area contributed by atoms with E-state index in [1.165, 1.54) is 0 Å². The van der Waals surface area contributed by atoms with E-state index >= 15 is 0 Å². The number of hydrogen-bond acceptors (Lipinski definition) is 2. The second-order valence-electron chi connectivity index (χ2n) is 4.23. The smallest absolute Gasteiger partial charge is 0.0643 e. The molecule has 0 saturated carbocycles. The summed E-state index contributed by atoms with van der Waals surface area (Å²) >= 11 is 6.31. The molecule has 2 N–H and O–H groups in total. The quantitative estimate of drug-likeness (QED) is 0.781. The molecule has 2 nitrogen and oxygen atoms in total. The van der Waals surface area contributed by atoms with Crippen LogP contribution in [-0.2, 0) is 0 Å². The first kappa shape index (κ1) is 14.1. The lowest BCUT2D eigenvalue weighted by atomic mass is 10.1. The highest BCUT2D eigenvalue weighted by Crippen LogP contribution is 2.28. The molecule has 1 atom stereocenters. The van der Waals surface area contributed by atoms with Crippen molar-refractivity contribution in [2.45, 2.75) is 26.3 Å². The summed E-state index contributed by atoms with van der Waals surface area (Å²) in [5.41, 5.74) is 7.95. The molecule has 0 aliphatic carbocycles. The van der Waals surface area contributed by atoms with Gasteiger partial charge in [0, 0.05) is 19.1 Å². The van der Waals surface area contributed by atoms with Crippen LogP contribution in [0.3, 0.4) is 0 Å². The van der Waals surface area contributed by atoms with Gasteiger partial charge in [-0.05, 0) is 31.0 Å². The van der Waals surface area contributed by atoms with Crippen LogP contribution in [0.15, 0.2) is 30.9 Å². The van der Waals surface area contributed by atoms with Crippen molar-refractivity contribution in [2.24, 2.45) is 5.73 Å². The molecule has 0 amide bonds. The normalized spacial score (nSPS) is 12.2. The van der Waals surface area contributed by atoms with Gasteiger partial charge in [0.25, 0.3) is 0 Å². The maximum Gasteiger partial charge on any atom is 0.0643 e. The predicted octanol–water partition coefficient (Wildman–Crippen LogP) is 3.76. The summed E-state index contributed by atoms with van der Waals surface area (Å²) in [7, 11) is 0. The van der Waals surface area contributed by atoms with Gasteiger partial charge >= 0.3 is 0 Å². The van der Waals surface area contributed by atoms with E-state index in [9.17, 15) is 0 Å². The summed E-state index contributed by atoms with van der Waals surface area (Å²) in [5, 5.41) is 0.759. The zero-order valence-corrected chi connectivity index (χ0v) is 11.4. The van der Waals surface area contributed by atoms with E-state index in [4.69, 9.17) is 17.3 Å². The molecule has 0 spiro atoms. The summed E-state index contributed by atoms with van der Waals surface area (Å²) < 4.78 is 0. The highest BCUT2D eigenvalue weighted by Gasteiger charge is 2.10. The second-order valence-corrected chi connectivity index (χ2v) is 4.64. The van der Waals surface area contributed by atoms with E-state index in [1.807, 2.05) is 31.2 Å². The second kappa shape index (κ2) is 6.67. The van der Waals surface area contributed by atoms with Gasteiger partial charge in [-0.15, -0.1) is 6.58 Å². The van der Waals surface area contributed by atoms with Gasteiger partial charge < -0.3 is 10.6 Å². The van der Waals surface area contributed by atoms with E-state index in [2.05, 4.69) is 18.4 Å². The first-order chi connectivity index (χ1) is 8.10. The molecule has 0 radical (unpaired) electrons. The summed E-state index contributed by atoms with van der Waals surface area (Å²) in [6.45, 7) is 9.68. The Morgan fingerprint density at radius 2 is 2.24 bits per heavy atom. The third-order valence-electron chi connectivity index (χ3n) is 2.68. The van der Waals surface area contributed by atoms with E-state index < -0.39 is 0 Å². The maximum atomic E-state index is 6.31. The average molecular weight is 253 g/mol. The molecule has 0 aliphatic rings. The highest BCUT2D eigenvalue weighted by molar-refractivity contribution is 6.33. The molecule has 0 fully saturated rings. The average Bonchev–Trinajstić information content (AvgIpc) is 2.28. The van der Waals surface area contributed by atoms with Crippen LogP contribution in [-0.4, -0.2) is 13.1 Å². The molecule has 0 aliphatic heterocycles. The first-order valence-corrected chi connectivity index (χ1v) is 6.38. The molecular formula is C14H21ClN2. The van der Waals surface area contributed by atoms with E-state index in [-0.39, 0.29) is 6.04 Å². The van der Waals surface area contributed by atoms with Crippen molar-refractivity contribution in [1.82, 2.24) is 0 Å². The van der Waals surface area contributed by atoms with Gasteiger partial charge in [-0.3, -0.25) is 0 Å². The van der Waals surface area contributed by atoms with Crippen LogP contribution in [0.4, 0.5) is 5.69 Å². The molecule has 0 bridgehead atoms. The topological polar surface area (TPSA) is 29.3 Å². The number of hydrogen-bond donors (Lipinski definition) is 1. The highest BCUT2D eigenvalue weighted by atomic mass is 35.5. The Balaban J connectivity index is 2.99. The van der Waals surface area contributed by atoms with Gasteiger partial charge in [0.1, 0.15) is 0 Å². The van der Waals surface area contributed by atoms with Crippen LogP contribution in [0, 0.1) is 0 Å². The Labute approximate surface area is 109 Å². The molecule has 0 saturated heterocycles. The largest absolute Gasteiger partial charge is 0.367 e. The lowest BCUT2D eigenvalue weighted by molar-refractivity contribution is 0.806. The van der Waals surface area contributed by atoms with Crippen molar-refractivity contribution in [2.75, 3.05) is 18.0 Å². The minimum absolute atomic E-state index is 0.0144. The molecule has 17 heavy (non-hydrogen) atoms. The Bertz CT molecular complexity index is 374. The maximum absolute atomic E-state index is 6.31. The predicted molar refractivity (Wildman–Crippen MR) is 76.8 cm³/mol. The van der Waals surface area contributed by atoms with Gasteiger partial charge in [0.2, 0.25) is 0 Å². The SMILES string of the molecule is C=CCN(CCC)c1ccc([C@H](C)N)cc1Cl. The van der Waals surface area contributed by atoms with Crippen LogP contribution in [0.5, 0.6) is 0 Å². The fraction of sp³-hybridized carbons (Fsp3) is 0.429. The molecule has 1 rings (SSSR count). The third kappa shape index (κ3) is 3.76. The first-order valence-electron chi connectivity index (χ1n) is 6.01. The summed E-state index contributed by atoms with van der Waals surface area (Å²) in [6, 6.07) is 6.05. The Kier molecular flexibility index (Phi) is 5.52. The molecular weight excluding hydrogens is 232 g/mol. The van der Waals surface area contributed by atoms with Crippen molar-refractivity contribution in [1.29, 1.82) is 0 Å². The van der Waals surface area contributed by atoms with E-state index in [0.717, 1.165) is 35.8 Å².